The molecule has 0 bridgehead atoms. The van der Waals surface area contributed by atoms with Gasteiger partial charge < -0.3 is 5.11 Å². The molecule has 80 valence electrons. The van der Waals surface area contributed by atoms with Gasteiger partial charge in [0.05, 0.1) is 16.8 Å². The smallest absolute Gasteiger partial charge is 0.162 e. The monoisotopic (exact) mass is 258 g/mol. The zero-order valence-electron chi connectivity index (χ0n) is 7.84. The second-order valence-corrected chi connectivity index (χ2v) is 6.03. The fourth-order valence-electron chi connectivity index (χ4n) is 1.04. The molecular weight excluding hydrogens is 248 g/mol. The molecule has 1 aromatic heterocycles. The number of hydrogen-bond donors (Lipinski definition) is 2. The maximum atomic E-state index is 8.58. The number of hydrogen-bond acceptors (Lipinski definition) is 6. The van der Waals surface area contributed by atoms with Crippen molar-refractivity contribution in [2.45, 2.75) is 4.34 Å². The summed E-state index contributed by atoms with van der Waals surface area (Å²) in [7, 11) is 3.09. The quantitative estimate of drug-likeness (QED) is 0.490. The Bertz CT molecular complexity index is 399. The fourth-order valence-corrected chi connectivity index (χ4v) is 3.95. The van der Waals surface area contributed by atoms with Gasteiger partial charge in [-0.25, -0.2) is 4.98 Å². The Morgan fingerprint density at radius 3 is 3.07 bits per heavy atom. The molecule has 2 N–H and O–H groups in total. The lowest BCUT2D eigenvalue weighted by atomic mass is 10.3. The van der Waals surface area contributed by atoms with E-state index in [9.17, 15) is 0 Å². The molecule has 0 saturated carbocycles. The third-order valence-electron chi connectivity index (χ3n) is 1.66. The lowest BCUT2D eigenvalue weighted by molar-refractivity contribution is 0.302. The van der Waals surface area contributed by atoms with Crippen LogP contribution in [0, 0.1) is 0 Å². The van der Waals surface area contributed by atoms with Crippen LogP contribution in [0.1, 0.15) is 0 Å². The van der Waals surface area contributed by atoms with E-state index in [4.69, 9.17) is 5.11 Å². The number of nitrogens with one attached hydrogen (secondary N) is 1. The van der Waals surface area contributed by atoms with Gasteiger partial charge in [-0.3, -0.25) is 4.72 Å². The maximum absolute atomic E-state index is 8.58. The van der Waals surface area contributed by atoms with Crippen molar-refractivity contribution < 1.29 is 5.11 Å². The summed E-state index contributed by atoms with van der Waals surface area (Å²) < 4.78 is 5.27. The number of aromatic nitrogens is 1. The first kappa shape index (κ1) is 11.2. The highest BCUT2D eigenvalue weighted by Crippen LogP contribution is 2.34. The van der Waals surface area contributed by atoms with Gasteiger partial charge in [0.2, 0.25) is 0 Å². The van der Waals surface area contributed by atoms with Gasteiger partial charge in [-0.15, -0.1) is 11.3 Å². The van der Waals surface area contributed by atoms with E-state index in [-0.39, 0.29) is 6.61 Å². The minimum Gasteiger partial charge on any atom is -0.395 e. The molecule has 0 spiro atoms. The molecule has 1 aromatic carbocycles. The minimum absolute atomic E-state index is 0.160. The first-order chi connectivity index (χ1) is 7.40. The molecule has 0 radical (unpaired) electrons. The molecule has 0 aliphatic carbocycles. The number of thiazole rings is 1. The van der Waals surface area contributed by atoms with E-state index in [0.29, 0.717) is 6.54 Å². The average molecular weight is 258 g/mol. The third kappa shape index (κ3) is 3.09. The second-order valence-electron chi connectivity index (χ2n) is 2.73. The summed E-state index contributed by atoms with van der Waals surface area (Å²) in [6.07, 6.45) is 0. The van der Waals surface area contributed by atoms with Crippen LogP contribution in [-0.4, -0.2) is 23.2 Å². The van der Waals surface area contributed by atoms with E-state index in [0.717, 1.165) is 9.86 Å². The van der Waals surface area contributed by atoms with Crippen molar-refractivity contribution >= 4 is 43.3 Å². The van der Waals surface area contributed by atoms with Crippen molar-refractivity contribution in [3.8, 4) is 0 Å². The van der Waals surface area contributed by atoms with Gasteiger partial charge in [0.15, 0.2) is 4.34 Å². The molecule has 0 unspecified atom stereocenters. The van der Waals surface area contributed by atoms with Crippen molar-refractivity contribution in [3.05, 3.63) is 24.3 Å². The highest BCUT2D eigenvalue weighted by Gasteiger charge is 2.03. The molecule has 0 aliphatic rings. The summed E-state index contributed by atoms with van der Waals surface area (Å²) >= 11 is 1.68. The van der Waals surface area contributed by atoms with Crippen LogP contribution in [0.5, 0.6) is 0 Å². The van der Waals surface area contributed by atoms with E-state index < -0.39 is 0 Å². The van der Waals surface area contributed by atoms with E-state index in [1.807, 2.05) is 18.2 Å². The molecule has 6 heteroatoms. The van der Waals surface area contributed by atoms with Crippen molar-refractivity contribution in [1.29, 1.82) is 0 Å². The van der Waals surface area contributed by atoms with Crippen LogP contribution < -0.4 is 4.72 Å². The van der Waals surface area contributed by atoms with E-state index in [1.165, 1.54) is 15.7 Å². The van der Waals surface area contributed by atoms with E-state index in [1.54, 1.807) is 22.1 Å². The number of nitrogens with zero attached hydrogens (tertiary/aromatic N) is 1. The van der Waals surface area contributed by atoms with Crippen molar-refractivity contribution in [2.75, 3.05) is 13.2 Å². The highest BCUT2D eigenvalue weighted by atomic mass is 33.1. The molecular formula is C9H10N2OS3. The minimum atomic E-state index is 0.160. The molecule has 0 fully saturated rings. The van der Waals surface area contributed by atoms with E-state index >= 15 is 0 Å². The zero-order valence-corrected chi connectivity index (χ0v) is 10.3. The Morgan fingerprint density at radius 1 is 1.40 bits per heavy atom. The largest absolute Gasteiger partial charge is 0.395 e. The molecule has 1 heterocycles. The van der Waals surface area contributed by atoms with Crippen LogP contribution in [0.15, 0.2) is 28.6 Å². The van der Waals surface area contributed by atoms with Gasteiger partial charge in [-0.1, -0.05) is 12.1 Å². The Labute approximate surface area is 99.8 Å². The predicted molar refractivity (Wildman–Crippen MR) is 68.2 cm³/mol. The van der Waals surface area contributed by atoms with Gasteiger partial charge in [0.1, 0.15) is 0 Å². The second kappa shape index (κ2) is 5.72. The molecule has 2 rings (SSSR count). The van der Waals surface area contributed by atoms with Crippen LogP contribution in [0.2, 0.25) is 0 Å². The fraction of sp³-hybridized carbons (Fsp3) is 0.222. The maximum Gasteiger partial charge on any atom is 0.162 e. The lowest BCUT2D eigenvalue weighted by Crippen LogP contribution is -2.07. The molecule has 0 amide bonds. The van der Waals surface area contributed by atoms with Gasteiger partial charge in [-0.05, 0) is 33.9 Å². The van der Waals surface area contributed by atoms with Crippen LogP contribution in [0.25, 0.3) is 10.2 Å². The number of benzene rings is 1. The molecule has 2 aromatic rings. The summed E-state index contributed by atoms with van der Waals surface area (Å²) in [6, 6.07) is 8.10. The summed E-state index contributed by atoms with van der Waals surface area (Å²) in [6.45, 7) is 0.760. The summed E-state index contributed by atoms with van der Waals surface area (Å²) in [5.41, 5.74) is 1.05. The number of aliphatic hydroxyl groups is 1. The van der Waals surface area contributed by atoms with Crippen molar-refractivity contribution in [2.24, 2.45) is 0 Å². The van der Waals surface area contributed by atoms with E-state index in [2.05, 4.69) is 15.8 Å². The Kier molecular flexibility index (Phi) is 4.28. The average Bonchev–Trinajstić information content (AvgIpc) is 2.67. The van der Waals surface area contributed by atoms with Gasteiger partial charge in [0, 0.05) is 6.54 Å². The SMILES string of the molecule is OCCNSSc1nc2ccccc2s1. The summed E-state index contributed by atoms with van der Waals surface area (Å²) in [4.78, 5) is 4.47. The molecule has 0 atom stereocenters. The third-order valence-corrected chi connectivity index (χ3v) is 5.02. The highest BCUT2D eigenvalue weighted by molar-refractivity contribution is 8.76. The topological polar surface area (TPSA) is 45.1 Å². The molecule has 0 saturated heterocycles. The van der Waals surface area contributed by atoms with Crippen LogP contribution in [-0.2, 0) is 0 Å². The number of rotatable bonds is 5. The standard InChI is InChI=1S/C9H10N2OS3/c12-6-5-10-15-14-9-11-7-3-1-2-4-8(7)13-9/h1-4,10,12H,5-6H2. The van der Waals surface area contributed by atoms with Gasteiger partial charge in [-0.2, -0.15) is 0 Å². The Balaban J connectivity index is 1.97. The van der Waals surface area contributed by atoms with Crippen molar-refractivity contribution in [1.82, 2.24) is 9.71 Å². The van der Waals surface area contributed by atoms with Crippen LogP contribution in [0.3, 0.4) is 0 Å². The summed E-state index contributed by atoms with van der Waals surface area (Å²) in [5.74, 6) is 0. The molecule has 15 heavy (non-hydrogen) atoms. The van der Waals surface area contributed by atoms with Gasteiger partial charge in [0.25, 0.3) is 0 Å². The first-order valence-corrected chi connectivity index (χ1v) is 7.39. The van der Waals surface area contributed by atoms with Gasteiger partial charge >= 0.3 is 0 Å². The molecule has 3 nitrogen and oxygen atoms in total. The first-order valence-electron chi connectivity index (χ1n) is 4.43. The predicted octanol–water partition coefficient (Wildman–Crippen LogP) is 2.53. The Morgan fingerprint density at radius 2 is 2.27 bits per heavy atom. The van der Waals surface area contributed by atoms with Crippen LogP contribution >= 0.6 is 33.1 Å². The molecule has 0 aliphatic heterocycles. The summed E-state index contributed by atoms with van der Waals surface area (Å²) in [5, 5.41) is 8.58. The van der Waals surface area contributed by atoms with Crippen molar-refractivity contribution in [3.63, 3.8) is 0 Å². The lowest BCUT2D eigenvalue weighted by Gasteiger charge is -1.96. The number of fused-ring (bicyclic) bond motifs is 1. The normalized spacial score (nSPS) is 11.0. The number of para-hydroxylation sites is 1. The number of aliphatic hydroxyl groups excluding tert-OH is 1. The Hall–Kier alpha value is -0.270. The van der Waals surface area contributed by atoms with Crippen LogP contribution in [0.4, 0.5) is 0 Å². The zero-order chi connectivity index (χ0) is 10.5.